The lowest BCUT2D eigenvalue weighted by atomic mass is 9.93. The summed E-state index contributed by atoms with van der Waals surface area (Å²) in [5.74, 6) is 0.741. The monoisotopic (exact) mass is 682 g/mol. The van der Waals surface area contributed by atoms with E-state index in [2.05, 4.69) is 144 Å². The van der Waals surface area contributed by atoms with Crippen LogP contribution in [0.4, 0.5) is 0 Å². The first-order valence-corrected chi connectivity index (χ1v) is 17.6. The van der Waals surface area contributed by atoms with E-state index in [1.165, 1.54) is 11.1 Å². The number of hydrogen-bond acceptors (Lipinski definition) is 4. The standard InChI is InChI=1S/C48H34N4O/c1-32-30-50-44(29-42(32)36-22-20-35(21-23-36)33-12-5-2-6-13-33)39-27-37(34-14-7-3-8-15-34)26-38(28-39)41-18-11-19-45-47(41)51-48(43-31-49-25-24-46(43)53)52(45)40-16-9-4-10-17-40/h2-31H,1H3,(H,49,53). The first kappa shape index (κ1) is 31.8. The van der Waals surface area contributed by atoms with Crippen LogP contribution in [-0.2, 0) is 0 Å². The number of aryl methyl sites for hydroxylation is 1. The Kier molecular flexibility index (Phi) is 8.14. The Labute approximate surface area is 308 Å². The van der Waals surface area contributed by atoms with Crippen LogP contribution in [0.15, 0.2) is 182 Å². The first-order valence-electron chi connectivity index (χ1n) is 17.6. The minimum Gasteiger partial charge on any atom is -0.507 e. The second-order valence-corrected chi connectivity index (χ2v) is 13.2. The highest BCUT2D eigenvalue weighted by Gasteiger charge is 2.21. The van der Waals surface area contributed by atoms with E-state index < -0.39 is 0 Å². The van der Waals surface area contributed by atoms with Crippen LogP contribution in [0.1, 0.15) is 5.56 Å². The van der Waals surface area contributed by atoms with Gasteiger partial charge in [-0.3, -0.25) is 14.5 Å². The van der Waals surface area contributed by atoms with E-state index in [9.17, 15) is 5.11 Å². The number of para-hydroxylation sites is 2. The molecule has 0 aliphatic carbocycles. The van der Waals surface area contributed by atoms with Gasteiger partial charge in [0, 0.05) is 35.4 Å². The molecule has 5 heteroatoms. The third kappa shape index (κ3) is 6.04. The van der Waals surface area contributed by atoms with Crippen LogP contribution in [0.2, 0.25) is 0 Å². The van der Waals surface area contributed by atoms with Gasteiger partial charge in [-0.05, 0) is 100.0 Å². The largest absolute Gasteiger partial charge is 0.507 e. The normalized spacial score (nSPS) is 11.2. The molecule has 9 rings (SSSR count). The molecule has 0 spiro atoms. The van der Waals surface area contributed by atoms with Crippen LogP contribution in [0.25, 0.3) is 83.9 Å². The molecule has 0 saturated heterocycles. The van der Waals surface area contributed by atoms with Crippen molar-refractivity contribution in [3.05, 3.63) is 188 Å². The summed E-state index contributed by atoms with van der Waals surface area (Å²) in [7, 11) is 0. The van der Waals surface area contributed by atoms with Crippen LogP contribution >= 0.6 is 0 Å². The van der Waals surface area contributed by atoms with Crippen LogP contribution in [0.5, 0.6) is 5.75 Å². The maximum atomic E-state index is 11.0. The molecule has 252 valence electrons. The zero-order valence-electron chi connectivity index (χ0n) is 29.1. The SMILES string of the molecule is Cc1cnc(-c2cc(-c3ccccc3)cc(-c3cccc4c3nc(-c3cnccc3O)n4-c3ccccc3)c2)cc1-c1ccc(-c2ccccc2)cc1. The summed E-state index contributed by atoms with van der Waals surface area (Å²) >= 11 is 0. The molecule has 0 unspecified atom stereocenters. The molecule has 0 aliphatic heterocycles. The molecule has 5 nitrogen and oxygen atoms in total. The van der Waals surface area contributed by atoms with Gasteiger partial charge in [-0.2, -0.15) is 0 Å². The second kappa shape index (κ2) is 13.5. The highest BCUT2D eigenvalue weighted by Crippen LogP contribution is 2.40. The van der Waals surface area contributed by atoms with Crippen molar-refractivity contribution in [1.82, 2.24) is 19.5 Å². The molecule has 3 heterocycles. The van der Waals surface area contributed by atoms with E-state index in [1.54, 1.807) is 18.5 Å². The molecule has 6 aromatic carbocycles. The Balaban J connectivity index is 1.22. The Morgan fingerprint density at radius 2 is 1.11 bits per heavy atom. The smallest absolute Gasteiger partial charge is 0.151 e. The number of nitrogens with zero attached hydrogens (tertiary/aromatic N) is 4. The van der Waals surface area contributed by atoms with Gasteiger partial charge in [-0.15, -0.1) is 0 Å². The number of imidazole rings is 1. The van der Waals surface area contributed by atoms with Crippen molar-refractivity contribution in [3.63, 3.8) is 0 Å². The van der Waals surface area contributed by atoms with Crippen LogP contribution in [0, 0.1) is 6.92 Å². The molecule has 0 bridgehead atoms. The predicted molar refractivity (Wildman–Crippen MR) is 216 cm³/mol. The second-order valence-electron chi connectivity index (χ2n) is 13.2. The minimum absolute atomic E-state index is 0.123. The third-order valence-corrected chi connectivity index (χ3v) is 9.79. The summed E-state index contributed by atoms with van der Waals surface area (Å²) in [5.41, 5.74) is 15.1. The first-order chi connectivity index (χ1) is 26.1. The highest BCUT2D eigenvalue weighted by molar-refractivity contribution is 5.97. The van der Waals surface area contributed by atoms with Crippen molar-refractivity contribution >= 4 is 11.0 Å². The van der Waals surface area contributed by atoms with Gasteiger partial charge in [-0.1, -0.05) is 115 Å². The molecule has 1 N–H and O–H groups in total. The van der Waals surface area contributed by atoms with Crippen molar-refractivity contribution in [2.24, 2.45) is 0 Å². The van der Waals surface area contributed by atoms with Gasteiger partial charge in [-0.25, -0.2) is 4.98 Å². The molecule has 3 aromatic heterocycles. The lowest BCUT2D eigenvalue weighted by Gasteiger charge is -2.14. The van der Waals surface area contributed by atoms with E-state index in [0.717, 1.165) is 66.9 Å². The lowest BCUT2D eigenvalue weighted by Crippen LogP contribution is -1.97. The molecule has 0 aliphatic rings. The number of fused-ring (bicyclic) bond motifs is 1. The van der Waals surface area contributed by atoms with Crippen molar-refractivity contribution in [1.29, 1.82) is 0 Å². The summed E-state index contributed by atoms with van der Waals surface area (Å²) < 4.78 is 2.09. The summed E-state index contributed by atoms with van der Waals surface area (Å²) in [5, 5.41) is 11.0. The number of aromatic nitrogens is 4. The molecule has 0 amide bonds. The quantitative estimate of drug-likeness (QED) is 0.182. The van der Waals surface area contributed by atoms with Gasteiger partial charge < -0.3 is 5.11 Å². The fourth-order valence-electron chi connectivity index (χ4n) is 7.10. The number of aromatic hydroxyl groups is 1. The molecule has 0 saturated carbocycles. The van der Waals surface area contributed by atoms with E-state index in [1.807, 2.05) is 36.5 Å². The average Bonchev–Trinajstić information content (AvgIpc) is 3.62. The third-order valence-electron chi connectivity index (χ3n) is 9.79. The number of pyridine rings is 2. The van der Waals surface area contributed by atoms with Gasteiger partial charge >= 0.3 is 0 Å². The lowest BCUT2D eigenvalue weighted by molar-refractivity contribution is 0.476. The van der Waals surface area contributed by atoms with E-state index in [4.69, 9.17) is 9.97 Å². The Bertz CT molecular complexity index is 2720. The summed E-state index contributed by atoms with van der Waals surface area (Å²) in [4.78, 5) is 14.6. The zero-order valence-corrected chi connectivity index (χ0v) is 29.1. The molecule has 0 atom stereocenters. The topological polar surface area (TPSA) is 63.8 Å². The maximum Gasteiger partial charge on any atom is 0.151 e. The fourth-order valence-corrected chi connectivity index (χ4v) is 7.10. The van der Waals surface area contributed by atoms with Crippen LogP contribution in [-0.4, -0.2) is 24.6 Å². The number of benzene rings is 6. The highest BCUT2D eigenvalue weighted by atomic mass is 16.3. The molecule has 0 radical (unpaired) electrons. The Morgan fingerprint density at radius 3 is 1.83 bits per heavy atom. The Hall–Kier alpha value is -7.11. The minimum atomic E-state index is 0.123. The van der Waals surface area contributed by atoms with Crippen molar-refractivity contribution < 1.29 is 5.11 Å². The molecule has 0 fully saturated rings. The van der Waals surface area contributed by atoms with Gasteiger partial charge in [0.1, 0.15) is 5.75 Å². The summed E-state index contributed by atoms with van der Waals surface area (Å²) in [6.07, 6.45) is 5.22. The summed E-state index contributed by atoms with van der Waals surface area (Å²) in [6.45, 7) is 2.12. The maximum absolute atomic E-state index is 11.0. The fraction of sp³-hybridized carbons (Fsp3) is 0.0208. The number of hydrogen-bond donors (Lipinski definition) is 1. The molecule has 53 heavy (non-hydrogen) atoms. The van der Waals surface area contributed by atoms with Gasteiger partial charge in [0.05, 0.1) is 22.3 Å². The molecular weight excluding hydrogens is 649 g/mol. The van der Waals surface area contributed by atoms with Gasteiger partial charge in [0.15, 0.2) is 5.82 Å². The van der Waals surface area contributed by atoms with Gasteiger partial charge in [0.25, 0.3) is 0 Å². The molecular formula is C48H34N4O. The van der Waals surface area contributed by atoms with Gasteiger partial charge in [0.2, 0.25) is 0 Å². The number of rotatable bonds is 7. The van der Waals surface area contributed by atoms with Crippen LogP contribution < -0.4 is 0 Å². The zero-order chi connectivity index (χ0) is 35.7. The predicted octanol–water partition coefficient (Wildman–Crippen LogP) is 11.8. The van der Waals surface area contributed by atoms with Crippen LogP contribution in [0.3, 0.4) is 0 Å². The summed E-state index contributed by atoms with van der Waals surface area (Å²) in [6, 6.07) is 56.5. The Morgan fingerprint density at radius 1 is 0.491 bits per heavy atom. The molecule has 9 aromatic rings. The van der Waals surface area contributed by atoms with E-state index in [-0.39, 0.29) is 5.75 Å². The van der Waals surface area contributed by atoms with Crippen molar-refractivity contribution in [3.8, 4) is 78.6 Å². The van der Waals surface area contributed by atoms with E-state index in [0.29, 0.717) is 11.4 Å². The average molecular weight is 683 g/mol. The van der Waals surface area contributed by atoms with Crippen molar-refractivity contribution in [2.75, 3.05) is 0 Å². The van der Waals surface area contributed by atoms with E-state index >= 15 is 0 Å². The van der Waals surface area contributed by atoms with Crippen molar-refractivity contribution in [2.45, 2.75) is 6.92 Å².